The smallest absolute Gasteiger partial charge is 0.325 e. The normalized spacial score (nSPS) is 28.4. The van der Waals surface area contributed by atoms with Gasteiger partial charge in [0.05, 0.1) is 12.0 Å². The van der Waals surface area contributed by atoms with E-state index < -0.39 is 12.0 Å². The minimum Gasteiger partial charge on any atom is -0.480 e. The number of ether oxygens (including phenoxy) is 1. The summed E-state index contributed by atoms with van der Waals surface area (Å²) < 4.78 is 5.22. The van der Waals surface area contributed by atoms with Crippen LogP contribution in [0.5, 0.6) is 0 Å². The van der Waals surface area contributed by atoms with E-state index in [-0.39, 0.29) is 17.9 Å². The predicted molar refractivity (Wildman–Crippen MR) is 48.8 cm³/mol. The van der Waals surface area contributed by atoms with Gasteiger partial charge in [-0.1, -0.05) is 0 Å². The SMILES string of the molecule is CC1OCCC1C(=O)N[C@@H](C)C(=O)O. The van der Waals surface area contributed by atoms with Crippen LogP contribution in [-0.2, 0) is 14.3 Å². The molecule has 0 spiro atoms. The van der Waals surface area contributed by atoms with Gasteiger partial charge in [0.25, 0.3) is 0 Å². The number of carbonyl (C=O) groups excluding carboxylic acids is 1. The van der Waals surface area contributed by atoms with Crippen LogP contribution in [0, 0.1) is 5.92 Å². The van der Waals surface area contributed by atoms with Gasteiger partial charge in [-0.05, 0) is 20.3 Å². The maximum atomic E-state index is 11.5. The monoisotopic (exact) mass is 201 g/mol. The standard InChI is InChI=1S/C9H15NO4/c1-5(9(12)13)10-8(11)7-3-4-14-6(7)2/h5-7H,3-4H2,1-2H3,(H,10,11)(H,12,13)/t5-,6?,7?/m0/s1. The number of carboxylic acid groups (broad SMARTS) is 1. The van der Waals surface area contributed by atoms with E-state index in [2.05, 4.69) is 5.32 Å². The number of aliphatic carboxylic acids is 1. The minimum atomic E-state index is -1.02. The van der Waals surface area contributed by atoms with Crippen molar-refractivity contribution in [3.05, 3.63) is 0 Å². The van der Waals surface area contributed by atoms with Gasteiger partial charge in [-0.15, -0.1) is 0 Å². The van der Waals surface area contributed by atoms with E-state index in [1.165, 1.54) is 6.92 Å². The minimum absolute atomic E-state index is 0.115. The van der Waals surface area contributed by atoms with Crippen LogP contribution in [0.3, 0.4) is 0 Å². The molecule has 1 heterocycles. The highest BCUT2D eigenvalue weighted by Crippen LogP contribution is 2.20. The molecule has 1 aliphatic rings. The molecule has 0 aliphatic carbocycles. The number of carbonyl (C=O) groups is 2. The fourth-order valence-electron chi connectivity index (χ4n) is 1.46. The maximum absolute atomic E-state index is 11.5. The highest BCUT2D eigenvalue weighted by Gasteiger charge is 2.31. The molecular formula is C9H15NO4. The van der Waals surface area contributed by atoms with E-state index in [0.29, 0.717) is 13.0 Å². The lowest BCUT2D eigenvalue weighted by Crippen LogP contribution is -2.43. The van der Waals surface area contributed by atoms with Gasteiger partial charge in [0, 0.05) is 6.61 Å². The molecule has 1 rings (SSSR count). The zero-order valence-electron chi connectivity index (χ0n) is 8.32. The number of amides is 1. The van der Waals surface area contributed by atoms with Gasteiger partial charge in [-0.2, -0.15) is 0 Å². The molecular weight excluding hydrogens is 186 g/mol. The van der Waals surface area contributed by atoms with Gasteiger partial charge in [0.2, 0.25) is 5.91 Å². The highest BCUT2D eigenvalue weighted by atomic mass is 16.5. The van der Waals surface area contributed by atoms with Crippen LogP contribution in [0.25, 0.3) is 0 Å². The lowest BCUT2D eigenvalue weighted by atomic mass is 10.0. The van der Waals surface area contributed by atoms with Crippen molar-refractivity contribution in [3.8, 4) is 0 Å². The zero-order valence-corrected chi connectivity index (χ0v) is 8.32. The third-order valence-electron chi connectivity index (χ3n) is 2.44. The van der Waals surface area contributed by atoms with Gasteiger partial charge in [-0.25, -0.2) is 0 Å². The van der Waals surface area contributed by atoms with Crippen LogP contribution in [0.4, 0.5) is 0 Å². The Morgan fingerprint density at radius 3 is 2.64 bits per heavy atom. The molecule has 0 aromatic heterocycles. The summed E-state index contributed by atoms with van der Waals surface area (Å²) in [4.78, 5) is 22.0. The Labute approximate surface area is 82.4 Å². The van der Waals surface area contributed by atoms with Crippen molar-refractivity contribution in [2.24, 2.45) is 5.92 Å². The van der Waals surface area contributed by atoms with E-state index in [9.17, 15) is 9.59 Å². The Morgan fingerprint density at radius 1 is 1.57 bits per heavy atom. The summed E-state index contributed by atoms with van der Waals surface area (Å²) in [6, 6.07) is -0.838. The molecule has 0 bridgehead atoms. The number of nitrogens with one attached hydrogen (secondary N) is 1. The Morgan fingerprint density at radius 2 is 2.21 bits per heavy atom. The zero-order chi connectivity index (χ0) is 10.7. The molecule has 1 amide bonds. The predicted octanol–water partition coefficient (Wildman–Crippen LogP) is 0.000700. The molecule has 0 aromatic rings. The molecule has 5 nitrogen and oxygen atoms in total. The lowest BCUT2D eigenvalue weighted by Gasteiger charge is -2.16. The van der Waals surface area contributed by atoms with Gasteiger partial charge in [0.15, 0.2) is 0 Å². The quantitative estimate of drug-likeness (QED) is 0.674. The van der Waals surface area contributed by atoms with Crippen molar-refractivity contribution >= 4 is 11.9 Å². The van der Waals surface area contributed by atoms with Crippen LogP contribution in [0.2, 0.25) is 0 Å². The first-order valence-electron chi connectivity index (χ1n) is 4.67. The average Bonchev–Trinajstić information content (AvgIpc) is 2.51. The maximum Gasteiger partial charge on any atom is 0.325 e. The molecule has 2 N–H and O–H groups in total. The summed E-state index contributed by atoms with van der Waals surface area (Å²) in [5.41, 5.74) is 0. The Hall–Kier alpha value is -1.10. The topological polar surface area (TPSA) is 75.6 Å². The summed E-state index contributed by atoms with van der Waals surface area (Å²) in [5, 5.41) is 11.0. The van der Waals surface area contributed by atoms with Gasteiger partial charge < -0.3 is 15.2 Å². The van der Waals surface area contributed by atoms with Crippen molar-refractivity contribution < 1.29 is 19.4 Å². The van der Waals surface area contributed by atoms with Gasteiger partial charge >= 0.3 is 5.97 Å². The van der Waals surface area contributed by atoms with E-state index in [0.717, 1.165) is 0 Å². The second kappa shape index (κ2) is 4.41. The fraction of sp³-hybridized carbons (Fsp3) is 0.778. The van der Waals surface area contributed by atoms with Crippen molar-refractivity contribution in [1.29, 1.82) is 0 Å². The Bertz CT molecular complexity index is 241. The highest BCUT2D eigenvalue weighted by molar-refractivity contribution is 5.85. The number of hydrogen-bond acceptors (Lipinski definition) is 3. The molecule has 0 radical (unpaired) electrons. The third kappa shape index (κ3) is 2.45. The van der Waals surface area contributed by atoms with Crippen LogP contribution in [0.15, 0.2) is 0 Å². The summed E-state index contributed by atoms with van der Waals surface area (Å²) in [5.74, 6) is -1.47. The lowest BCUT2D eigenvalue weighted by molar-refractivity contribution is -0.142. The van der Waals surface area contributed by atoms with Crippen molar-refractivity contribution in [3.63, 3.8) is 0 Å². The molecule has 0 saturated carbocycles. The Kier molecular flexibility index (Phi) is 3.46. The van der Waals surface area contributed by atoms with E-state index in [4.69, 9.17) is 9.84 Å². The Balaban J connectivity index is 2.45. The first-order valence-corrected chi connectivity index (χ1v) is 4.67. The molecule has 1 saturated heterocycles. The van der Waals surface area contributed by atoms with Crippen LogP contribution in [-0.4, -0.2) is 35.7 Å². The van der Waals surface area contributed by atoms with Crippen molar-refractivity contribution in [1.82, 2.24) is 5.32 Å². The molecule has 0 aromatic carbocycles. The van der Waals surface area contributed by atoms with E-state index >= 15 is 0 Å². The molecule has 1 fully saturated rings. The number of rotatable bonds is 3. The first-order chi connectivity index (χ1) is 6.52. The van der Waals surface area contributed by atoms with Gasteiger partial charge in [-0.3, -0.25) is 9.59 Å². The van der Waals surface area contributed by atoms with Gasteiger partial charge in [0.1, 0.15) is 6.04 Å². The first kappa shape index (κ1) is 11.0. The number of carboxylic acids is 1. The second-order valence-electron chi connectivity index (χ2n) is 3.54. The van der Waals surface area contributed by atoms with Crippen molar-refractivity contribution in [2.45, 2.75) is 32.4 Å². The average molecular weight is 201 g/mol. The van der Waals surface area contributed by atoms with Crippen molar-refractivity contribution in [2.75, 3.05) is 6.61 Å². The van der Waals surface area contributed by atoms with E-state index in [1.807, 2.05) is 6.92 Å². The molecule has 14 heavy (non-hydrogen) atoms. The third-order valence-corrected chi connectivity index (χ3v) is 2.44. The molecule has 5 heteroatoms. The summed E-state index contributed by atoms with van der Waals surface area (Å²) in [6.07, 6.45) is 0.551. The second-order valence-corrected chi connectivity index (χ2v) is 3.54. The number of hydrogen-bond donors (Lipinski definition) is 2. The molecule has 80 valence electrons. The van der Waals surface area contributed by atoms with Crippen LogP contribution in [0.1, 0.15) is 20.3 Å². The summed E-state index contributed by atoms with van der Waals surface area (Å²) in [6.45, 7) is 3.84. The van der Waals surface area contributed by atoms with Crippen LogP contribution >= 0.6 is 0 Å². The van der Waals surface area contributed by atoms with Crippen LogP contribution < -0.4 is 5.32 Å². The van der Waals surface area contributed by atoms with E-state index in [1.54, 1.807) is 0 Å². The molecule has 3 atom stereocenters. The fourth-order valence-corrected chi connectivity index (χ4v) is 1.46. The molecule has 2 unspecified atom stereocenters. The summed E-state index contributed by atoms with van der Waals surface area (Å²) in [7, 11) is 0. The molecule has 1 aliphatic heterocycles. The summed E-state index contributed by atoms with van der Waals surface area (Å²) >= 11 is 0. The largest absolute Gasteiger partial charge is 0.480 e.